The van der Waals surface area contributed by atoms with Gasteiger partial charge in [0, 0.05) is 24.5 Å². The lowest BCUT2D eigenvalue weighted by Crippen LogP contribution is -2.37. The number of ether oxygens (including phenoxy) is 1. The first-order valence-corrected chi connectivity index (χ1v) is 9.63. The van der Waals surface area contributed by atoms with Gasteiger partial charge in [0.15, 0.2) is 0 Å². The van der Waals surface area contributed by atoms with E-state index in [4.69, 9.17) is 4.74 Å². The van der Waals surface area contributed by atoms with Gasteiger partial charge in [0.05, 0.1) is 19.2 Å². The molecule has 0 saturated carbocycles. The van der Waals surface area contributed by atoms with Gasteiger partial charge in [-0.05, 0) is 50.6 Å². The van der Waals surface area contributed by atoms with Gasteiger partial charge in [0.1, 0.15) is 5.75 Å². The molecule has 1 aromatic heterocycles. The lowest BCUT2D eigenvalue weighted by Gasteiger charge is -2.28. The molecule has 28 heavy (non-hydrogen) atoms. The van der Waals surface area contributed by atoms with Crippen LogP contribution in [0.3, 0.4) is 0 Å². The topological polar surface area (TPSA) is 34.5 Å². The molecular weight excluding hydrogens is 348 g/mol. The van der Waals surface area contributed by atoms with Crippen molar-refractivity contribution >= 4 is 5.91 Å². The van der Waals surface area contributed by atoms with Crippen molar-refractivity contribution in [1.29, 1.82) is 0 Å². The van der Waals surface area contributed by atoms with Gasteiger partial charge >= 0.3 is 0 Å². The molecule has 4 nitrogen and oxygen atoms in total. The molecule has 3 aromatic rings. The molecule has 0 atom stereocenters. The third kappa shape index (κ3) is 4.45. The van der Waals surface area contributed by atoms with Crippen molar-refractivity contribution in [3.63, 3.8) is 0 Å². The van der Waals surface area contributed by atoms with Crippen LogP contribution in [0.25, 0.3) is 0 Å². The number of aromatic nitrogens is 1. The van der Waals surface area contributed by atoms with E-state index in [-0.39, 0.29) is 11.9 Å². The van der Waals surface area contributed by atoms with Crippen LogP contribution in [-0.2, 0) is 13.1 Å². The first kappa shape index (κ1) is 19.7. The summed E-state index contributed by atoms with van der Waals surface area (Å²) in [5.41, 5.74) is 4.21. The molecule has 0 aliphatic heterocycles. The molecule has 0 N–H and O–H groups in total. The number of hydrogen-bond acceptors (Lipinski definition) is 2. The number of carbonyl (C=O) groups excluding carboxylic acids is 1. The minimum absolute atomic E-state index is 0.0178. The number of nitrogens with zero attached hydrogens (tertiary/aromatic N) is 2. The van der Waals surface area contributed by atoms with E-state index in [1.165, 1.54) is 11.1 Å². The van der Waals surface area contributed by atoms with Crippen molar-refractivity contribution < 1.29 is 9.53 Å². The average molecular weight is 377 g/mol. The second-order valence-corrected chi connectivity index (χ2v) is 7.34. The van der Waals surface area contributed by atoms with E-state index in [2.05, 4.69) is 48.0 Å². The van der Waals surface area contributed by atoms with Crippen molar-refractivity contribution in [2.45, 2.75) is 39.9 Å². The highest BCUT2D eigenvalue weighted by Gasteiger charge is 2.23. The van der Waals surface area contributed by atoms with Gasteiger partial charge in [-0.2, -0.15) is 0 Å². The van der Waals surface area contributed by atoms with E-state index < -0.39 is 0 Å². The summed E-state index contributed by atoms with van der Waals surface area (Å²) in [6.45, 7) is 7.53. The molecule has 1 amide bonds. The van der Waals surface area contributed by atoms with E-state index >= 15 is 0 Å². The fourth-order valence-electron chi connectivity index (χ4n) is 3.39. The number of para-hydroxylation sites is 1. The largest absolute Gasteiger partial charge is 0.496 e. The van der Waals surface area contributed by atoms with E-state index in [1.807, 2.05) is 49.1 Å². The zero-order valence-corrected chi connectivity index (χ0v) is 17.1. The van der Waals surface area contributed by atoms with Crippen LogP contribution in [-0.4, -0.2) is 28.5 Å². The van der Waals surface area contributed by atoms with Gasteiger partial charge in [0.25, 0.3) is 5.91 Å². The molecule has 3 rings (SSSR count). The number of rotatable bonds is 7. The highest BCUT2D eigenvalue weighted by molar-refractivity contribution is 5.97. The molecular formula is C24H28N2O2. The number of benzene rings is 2. The smallest absolute Gasteiger partial charge is 0.258 e. The highest BCUT2D eigenvalue weighted by atomic mass is 16.5. The Balaban J connectivity index is 1.84. The predicted molar refractivity (Wildman–Crippen MR) is 113 cm³/mol. The molecule has 0 aliphatic rings. The molecule has 0 saturated heterocycles. The van der Waals surface area contributed by atoms with Crippen LogP contribution in [0, 0.1) is 6.92 Å². The third-order valence-corrected chi connectivity index (χ3v) is 4.91. The van der Waals surface area contributed by atoms with Gasteiger partial charge in [-0.15, -0.1) is 0 Å². The van der Waals surface area contributed by atoms with Gasteiger partial charge in [-0.3, -0.25) is 4.79 Å². The van der Waals surface area contributed by atoms with Gasteiger partial charge in [0.2, 0.25) is 0 Å². The van der Waals surface area contributed by atoms with E-state index in [0.717, 1.165) is 12.2 Å². The maximum Gasteiger partial charge on any atom is 0.258 e. The summed E-state index contributed by atoms with van der Waals surface area (Å²) in [5.74, 6) is 0.587. The monoisotopic (exact) mass is 376 g/mol. The van der Waals surface area contributed by atoms with E-state index in [9.17, 15) is 4.79 Å². The predicted octanol–water partition coefficient (Wildman–Crippen LogP) is 4.90. The lowest BCUT2D eigenvalue weighted by molar-refractivity contribution is 0.0682. The van der Waals surface area contributed by atoms with Crippen LogP contribution in [0.15, 0.2) is 66.9 Å². The van der Waals surface area contributed by atoms with Crippen LogP contribution in [0.2, 0.25) is 0 Å². The molecule has 0 bridgehead atoms. The molecule has 146 valence electrons. The zero-order chi connectivity index (χ0) is 20.1. The van der Waals surface area contributed by atoms with Crippen LogP contribution < -0.4 is 4.74 Å². The molecule has 0 fully saturated rings. The summed E-state index contributed by atoms with van der Waals surface area (Å²) >= 11 is 0. The molecule has 0 aliphatic carbocycles. The van der Waals surface area contributed by atoms with Crippen LogP contribution in [0.1, 0.15) is 41.0 Å². The number of hydrogen-bond donors (Lipinski definition) is 0. The van der Waals surface area contributed by atoms with Gasteiger partial charge < -0.3 is 14.2 Å². The molecule has 1 heterocycles. The molecule has 0 spiro atoms. The Morgan fingerprint density at radius 3 is 2.57 bits per heavy atom. The van der Waals surface area contributed by atoms with Crippen molar-refractivity contribution in [2.24, 2.45) is 0 Å². The number of methoxy groups -OCH3 is 1. The first-order chi connectivity index (χ1) is 13.5. The Hall–Kier alpha value is -3.01. The standard InChI is InChI=1S/C24H28N2O2/c1-18(2)26(24(27)22-12-5-6-13-23(22)28-4)17-21-11-8-14-25(21)16-20-10-7-9-19(3)15-20/h5-15,18H,16-17H2,1-4H3. The number of amides is 1. The fourth-order valence-corrected chi connectivity index (χ4v) is 3.39. The minimum atomic E-state index is -0.0178. The normalized spacial score (nSPS) is 10.9. The van der Waals surface area contributed by atoms with Crippen LogP contribution >= 0.6 is 0 Å². The van der Waals surface area contributed by atoms with Gasteiger partial charge in [-0.1, -0.05) is 42.0 Å². The summed E-state index contributed by atoms with van der Waals surface area (Å²) in [5, 5.41) is 0. The number of aryl methyl sites for hydroxylation is 1. The highest BCUT2D eigenvalue weighted by Crippen LogP contribution is 2.22. The summed E-state index contributed by atoms with van der Waals surface area (Å²) in [7, 11) is 1.60. The average Bonchev–Trinajstić information content (AvgIpc) is 3.12. The molecule has 4 heteroatoms. The SMILES string of the molecule is COc1ccccc1C(=O)N(Cc1cccn1Cc1cccc(C)c1)C(C)C. The Kier molecular flexibility index (Phi) is 6.19. The number of carbonyl (C=O) groups is 1. The Bertz CT molecular complexity index is 943. The third-order valence-electron chi connectivity index (χ3n) is 4.91. The van der Waals surface area contributed by atoms with Crippen molar-refractivity contribution in [3.8, 4) is 5.75 Å². The van der Waals surface area contributed by atoms with Crippen molar-refractivity contribution in [2.75, 3.05) is 7.11 Å². The van der Waals surface area contributed by atoms with Crippen molar-refractivity contribution in [3.05, 3.63) is 89.2 Å². The Morgan fingerprint density at radius 1 is 1.07 bits per heavy atom. The Morgan fingerprint density at radius 2 is 1.86 bits per heavy atom. The summed E-state index contributed by atoms with van der Waals surface area (Å²) in [6, 6.07) is 20.1. The minimum Gasteiger partial charge on any atom is -0.496 e. The quantitative estimate of drug-likeness (QED) is 0.587. The summed E-state index contributed by atoms with van der Waals surface area (Å²) in [6.07, 6.45) is 2.07. The summed E-state index contributed by atoms with van der Waals surface area (Å²) in [4.78, 5) is 15.1. The molecule has 0 unspecified atom stereocenters. The van der Waals surface area contributed by atoms with Crippen LogP contribution in [0.5, 0.6) is 5.75 Å². The first-order valence-electron chi connectivity index (χ1n) is 9.63. The zero-order valence-electron chi connectivity index (χ0n) is 17.1. The second-order valence-electron chi connectivity index (χ2n) is 7.34. The molecule has 2 aromatic carbocycles. The van der Waals surface area contributed by atoms with E-state index in [0.29, 0.717) is 17.9 Å². The second kappa shape index (κ2) is 8.79. The van der Waals surface area contributed by atoms with E-state index in [1.54, 1.807) is 7.11 Å². The van der Waals surface area contributed by atoms with Crippen LogP contribution in [0.4, 0.5) is 0 Å². The lowest BCUT2D eigenvalue weighted by atomic mass is 10.1. The summed E-state index contributed by atoms with van der Waals surface area (Å²) < 4.78 is 7.60. The van der Waals surface area contributed by atoms with Crippen molar-refractivity contribution in [1.82, 2.24) is 9.47 Å². The van der Waals surface area contributed by atoms with Gasteiger partial charge in [-0.25, -0.2) is 0 Å². The Labute approximate surface area is 167 Å². The molecule has 0 radical (unpaired) electrons. The maximum atomic E-state index is 13.2. The fraction of sp³-hybridized carbons (Fsp3) is 0.292. The maximum absolute atomic E-state index is 13.2.